The van der Waals surface area contributed by atoms with Crippen LogP contribution in [0.1, 0.15) is 67.3 Å². The van der Waals surface area contributed by atoms with Gasteiger partial charge in [0.05, 0.1) is 0 Å². The van der Waals surface area contributed by atoms with Crippen molar-refractivity contribution in [1.82, 2.24) is 0 Å². The first kappa shape index (κ1) is 19.0. The molecule has 2 aromatic rings. The van der Waals surface area contributed by atoms with Gasteiger partial charge in [0.25, 0.3) is 0 Å². The van der Waals surface area contributed by atoms with Gasteiger partial charge in [0.15, 0.2) is 5.78 Å². The Balaban J connectivity index is 2.07. The number of rotatable bonds is 9. The molecule has 0 saturated carbocycles. The third-order valence-electron chi connectivity index (χ3n) is 4.35. The van der Waals surface area contributed by atoms with Gasteiger partial charge in [-0.25, -0.2) is 0 Å². The lowest BCUT2D eigenvalue weighted by Crippen LogP contribution is -2.08. The summed E-state index contributed by atoms with van der Waals surface area (Å²) >= 11 is 11.9. The average Bonchev–Trinajstić information content (AvgIpc) is 2.59. The Morgan fingerprint density at radius 2 is 1.46 bits per heavy atom. The van der Waals surface area contributed by atoms with Crippen LogP contribution in [0.2, 0.25) is 10.0 Å². The molecule has 0 aromatic heterocycles. The van der Waals surface area contributed by atoms with Crippen LogP contribution in [-0.2, 0) is 0 Å². The molecule has 24 heavy (non-hydrogen) atoms. The van der Waals surface area contributed by atoms with Gasteiger partial charge in [-0.05, 0) is 54.3 Å². The average molecular weight is 363 g/mol. The highest BCUT2D eigenvalue weighted by atomic mass is 35.5. The number of ketones is 1. The second kappa shape index (κ2) is 9.86. The zero-order chi connectivity index (χ0) is 17.4. The molecule has 0 radical (unpaired) electrons. The quantitative estimate of drug-likeness (QED) is 0.337. The zero-order valence-corrected chi connectivity index (χ0v) is 15.6. The minimum absolute atomic E-state index is 0.169. The van der Waals surface area contributed by atoms with Gasteiger partial charge < -0.3 is 0 Å². The number of unbranched alkanes of at least 4 members (excludes halogenated alkanes) is 3. The molecule has 0 amide bonds. The van der Waals surface area contributed by atoms with Gasteiger partial charge in [0, 0.05) is 22.0 Å². The van der Waals surface area contributed by atoms with Gasteiger partial charge >= 0.3 is 0 Å². The molecule has 1 nitrogen and oxygen atoms in total. The van der Waals surface area contributed by atoms with E-state index in [0.29, 0.717) is 11.4 Å². The lowest BCUT2D eigenvalue weighted by atomic mass is 9.87. The second-order valence-corrected chi connectivity index (χ2v) is 7.10. The molecule has 2 aromatic carbocycles. The molecule has 0 spiro atoms. The van der Waals surface area contributed by atoms with Gasteiger partial charge in [-0.2, -0.15) is 0 Å². The molecule has 0 fully saturated rings. The normalized spacial score (nSPS) is 12.1. The minimum atomic E-state index is 0.169. The Bertz CT molecular complexity index is 632. The molecule has 0 aliphatic carbocycles. The van der Waals surface area contributed by atoms with Crippen molar-refractivity contribution < 1.29 is 4.79 Å². The number of hydrogen-bond donors (Lipinski definition) is 0. The summed E-state index contributed by atoms with van der Waals surface area (Å²) in [5.41, 5.74) is 1.92. The Hall–Kier alpha value is -1.31. The first-order chi connectivity index (χ1) is 11.6. The topological polar surface area (TPSA) is 17.1 Å². The molecular weight excluding hydrogens is 339 g/mol. The fourth-order valence-electron chi connectivity index (χ4n) is 2.92. The first-order valence-electron chi connectivity index (χ1n) is 8.64. The number of carbonyl (C=O) groups is 1. The summed E-state index contributed by atoms with van der Waals surface area (Å²) < 4.78 is 0. The van der Waals surface area contributed by atoms with E-state index in [1.807, 2.05) is 24.3 Å². The predicted molar refractivity (Wildman–Crippen MR) is 103 cm³/mol. The SMILES string of the molecule is CCCCCCC(CC(=O)c1ccc(Cl)cc1)c1ccc(Cl)cc1. The summed E-state index contributed by atoms with van der Waals surface area (Å²) in [7, 11) is 0. The van der Waals surface area contributed by atoms with E-state index >= 15 is 0 Å². The zero-order valence-electron chi connectivity index (χ0n) is 14.1. The smallest absolute Gasteiger partial charge is 0.163 e. The van der Waals surface area contributed by atoms with Crippen molar-refractivity contribution in [2.75, 3.05) is 0 Å². The Kier molecular flexibility index (Phi) is 7.81. The van der Waals surface area contributed by atoms with Crippen molar-refractivity contribution in [3.8, 4) is 0 Å². The summed E-state index contributed by atoms with van der Waals surface area (Å²) in [6.45, 7) is 2.21. The predicted octanol–water partition coefficient (Wildman–Crippen LogP) is 7.32. The molecular formula is C21H24Cl2O. The molecule has 0 aliphatic heterocycles. The maximum Gasteiger partial charge on any atom is 0.163 e. The van der Waals surface area contributed by atoms with Crippen LogP contribution in [-0.4, -0.2) is 5.78 Å². The van der Waals surface area contributed by atoms with Gasteiger partial charge in [-0.15, -0.1) is 0 Å². The standard InChI is InChI=1S/C21H24Cl2O/c1-2-3-4-5-6-18(16-7-11-19(22)12-8-16)15-21(24)17-9-13-20(23)14-10-17/h7-14,18H,2-6,15H2,1H3. The van der Waals surface area contributed by atoms with Gasteiger partial charge in [-0.3, -0.25) is 4.79 Å². The molecule has 0 bridgehead atoms. The van der Waals surface area contributed by atoms with E-state index in [4.69, 9.17) is 23.2 Å². The highest BCUT2D eigenvalue weighted by Gasteiger charge is 2.17. The van der Waals surface area contributed by atoms with Crippen LogP contribution in [0.15, 0.2) is 48.5 Å². The van der Waals surface area contributed by atoms with Crippen molar-refractivity contribution in [2.45, 2.75) is 51.4 Å². The Morgan fingerprint density at radius 1 is 0.875 bits per heavy atom. The Labute approximate surface area is 155 Å². The lowest BCUT2D eigenvalue weighted by molar-refractivity contribution is 0.0972. The van der Waals surface area contributed by atoms with Gasteiger partial charge in [0.2, 0.25) is 0 Å². The fourth-order valence-corrected chi connectivity index (χ4v) is 3.17. The van der Waals surface area contributed by atoms with Crippen LogP contribution in [0.5, 0.6) is 0 Å². The van der Waals surface area contributed by atoms with E-state index < -0.39 is 0 Å². The summed E-state index contributed by atoms with van der Waals surface area (Å²) in [6, 6.07) is 15.1. The summed E-state index contributed by atoms with van der Waals surface area (Å²) in [4.78, 5) is 12.6. The summed E-state index contributed by atoms with van der Waals surface area (Å²) in [5, 5.41) is 1.38. The number of hydrogen-bond acceptors (Lipinski definition) is 1. The van der Waals surface area contributed by atoms with E-state index in [-0.39, 0.29) is 11.7 Å². The number of benzene rings is 2. The van der Waals surface area contributed by atoms with Crippen molar-refractivity contribution >= 4 is 29.0 Å². The minimum Gasteiger partial charge on any atom is -0.294 e. The summed E-state index contributed by atoms with van der Waals surface area (Å²) in [6.07, 6.45) is 6.38. The third kappa shape index (κ3) is 5.96. The van der Waals surface area contributed by atoms with Crippen LogP contribution >= 0.6 is 23.2 Å². The monoisotopic (exact) mass is 362 g/mol. The largest absolute Gasteiger partial charge is 0.294 e. The lowest BCUT2D eigenvalue weighted by Gasteiger charge is -2.17. The molecule has 3 heteroatoms. The highest BCUT2D eigenvalue weighted by molar-refractivity contribution is 6.30. The maximum atomic E-state index is 12.6. The number of Topliss-reactive ketones (excluding diaryl/α,β-unsaturated/α-hetero) is 1. The Morgan fingerprint density at radius 3 is 2.04 bits per heavy atom. The van der Waals surface area contributed by atoms with Gasteiger partial charge in [-0.1, -0.05) is 67.9 Å². The number of halogens is 2. The second-order valence-electron chi connectivity index (χ2n) is 6.23. The molecule has 128 valence electrons. The molecule has 1 unspecified atom stereocenters. The van der Waals surface area contributed by atoms with Crippen LogP contribution in [0.4, 0.5) is 0 Å². The van der Waals surface area contributed by atoms with Crippen LogP contribution in [0.25, 0.3) is 0 Å². The molecule has 0 N–H and O–H groups in total. The molecule has 0 aliphatic rings. The molecule has 2 rings (SSSR count). The van der Waals surface area contributed by atoms with Crippen molar-refractivity contribution in [3.05, 3.63) is 69.7 Å². The number of carbonyl (C=O) groups excluding carboxylic acids is 1. The molecule has 0 saturated heterocycles. The highest BCUT2D eigenvalue weighted by Crippen LogP contribution is 2.29. The molecule has 1 atom stereocenters. The van der Waals surface area contributed by atoms with E-state index in [9.17, 15) is 4.79 Å². The van der Waals surface area contributed by atoms with E-state index in [1.165, 1.54) is 24.8 Å². The van der Waals surface area contributed by atoms with Crippen LogP contribution < -0.4 is 0 Å². The summed E-state index contributed by atoms with van der Waals surface area (Å²) in [5.74, 6) is 0.407. The fraction of sp³-hybridized carbons (Fsp3) is 0.381. The van der Waals surface area contributed by atoms with Crippen molar-refractivity contribution in [1.29, 1.82) is 0 Å². The van der Waals surface area contributed by atoms with Crippen molar-refractivity contribution in [3.63, 3.8) is 0 Å². The van der Waals surface area contributed by atoms with Gasteiger partial charge in [0.1, 0.15) is 0 Å². The van der Waals surface area contributed by atoms with E-state index in [0.717, 1.165) is 23.4 Å². The van der Waals surface area contributed by atoms with E-state index in [2.05, 4.69) is 6.92 Å². The van der Waals surface area contributed by atoms with Crippen LogP contribution in [0, 0.1) is 0 Å². The van der Waals surface area contributed by atoms with Crippen molar-refractivity contribution in [2.24, 2.45) is 0 Å². The molecule has 0 heterocycles. The van der Waals surface area contributed by atoms with Crippen LogP contribution in [0.3, 0.4) is 0 Å². The maximum absolute atomic E-state index is 12.6. The third-order valence-corrected chi connectivity index (χ3v) is 4.85. The first-order valence-corrected chi connectivity index (χ1v) is 9.40. The van der Waals surface area contributed by atoms with E-state index in [1.54, 1.807) is 24.3 Å².